The Morgan fingerprint density at radius 1 is 0.520 bits per heavy atom. The van der Waals surface area contributed by atoms with E-state index >= 15 is 0 Å². The number of rotatable bonds is 2. The van der Waals surface area contributed by atoms with Gasteiger partial charge in [0.05, 0.1) is 0 Å². The monoisotopic (exact) mass is 361 g/mol. The van der Waals surface area contributed by atoms with Crippen LogP contribution >= 0.6 is 7.31 Å². The number of benzene rings is 2. The van der Waals surface area contributed by atoms with Gasteiger partial charge in [-0.2, -0.15) is 0 Å². The maximum atomic E-state index is 6.30. The summed E-state index contributed by atoms with van der Waals surface area (Å²) in [6.07, 6.45) is 0. The van der Waals surface area contributed by atoms with Gasteiger partial charge in [0.2, 0.25) is 0 Å². The molecule has 1 spiro atoms. The summed E-state index contributed by atoms with van der Waals surface area (Å²) in [5.41, 5.74) is 1.66. The summed E-state index contributed by atoms with van der Waals surface area (Å²) < 4.78 is 36.3. The zero-order valence-corrected chi connectivity index (χ0v) is 14.4. The van der Waals surface area contributed by atoms with Crippen molar-refractivity contribution in [2.24, 2.45) is 0 Å². The molecule has 2 aromatic carbocycles. The molecule has 5 rings (SSSR count). The van der Waals surface area contributed by atoms with Crippen molar-refractivity contribution in [3.8, 4) is 0 Å². The molecule has 3 heterocycles. The molecule has 0 atom stereocenters. The predicted molar refractivity (Wildman–Crippen MR) is 92.6 cm³/mol. The Morgan fingerprint density at radius 3 is 1.24 bits per heavy atom. The molecule has 0 aromatic heterocycles. The quantitative estimate of drug-likeness (QED) is 0.746. The third-order valence-corrected chi connectivity index (χ3v) is 8.37. The summed E-state index contributed by atoms with van der Waals surface area (Å²) in [7, 11) is -5.18. The van der Waals surface area contributed by atoms with Crippen LogP contribution in [0.4, 0.5) is 0 Å². The molecule has 0 radical (unpaired) electrons. The molecule has 0 aliphatic carbocycles. The second-order valence-corrected chi connectivity index (χ2v) is 9.66. The van der Waals surface area contributed by atoms with Gasteiger partial charge in [-0.15, -0.1) is 0 Å². The molecule has 0 amide bonds. The van der Waals surface area contributed by atoms with Gasteiger partial charge in [0, 0.05) is 0 Å². The molecule has 3 aliphatic rings. The number of hydrogen-bond donors (Lipinski definition) is 0. The van der Waals surface area contributed by atoms with E-state index in [1.54, 1.807) is 0 Å². The van der Waals surface area contributed by atoms with Crippen LogP contribution in [-0.4, -0.2) is 26.4 Å². The zero-order valence-electron chi connectivity index (χ0n) is 13.5. The first kappa shape index (κ1) is 15.3. The van der Waals surface area contributed by atoms with Crippen molar-refractivity contribution >= 4 is 18.8 Å². The SMILES string of the molecule is c1ccc(C2=C(c3ccccc3)O[P-]34(OCCO3)(OCCO4)O2)cc1. The molecule has 2 saturated heterocycles. The first-order chi connectivity index (χ1) is 12.2. The van der Waals surface area contributed by atoms with Crippen LogP contribution < -0.4 is 0 Å². The van der Waals surface area contributed by atoms with Crippen LogP contribution in [0.15, 0.2) is 60.7 Å². The van der Waals surface area contributed by atoms with Crippen molar-refractivity contribution in [2.45, 2.75) is 0 Å². The Labute approximate surface area is 144 Å². The Kier molecular flexibility index (Phi) is 2.95. The predicted octanol–water partition coefficient (Wildman–Crippen LogP) is 4.23. The zero-order chi connectivity index (χ0) is 16.9. The van der Waals surface area contributed by atoms with Crippen molar-refractivity contribution in [2.75, 3.05) is 26.4 Å². The Morgan fingerprint density at radius 2 is 0.880 bits per heavy atom. The molecule has 2 aromatic rings. The molecule has 3 aliphatic heterocycles. The third-order valence-electron chi connectivity index (χ3n) is 4.42. The summed E-state index contributed by atoms with van der Waals surface area (Å²) in [4.78, 5) is 0. The van der Waals surface area contributed by atoms with E-state index in [1.165, 1.54) is 0 Å². The van der Waals surface area contributed by atoms with Gasteiger partial charge in [-0.25, -0.2) is 0 Å². The van der Waals surface area contributed by atoms with Gasteiger partial charge >= 0.3 is 144 Å². The van der Waals surface area contributed by atoms with Gasteiger partial charge in [0.15, 0.2) is 0 Å². The Balaban J connectivity index is 1.72. The van der Waals surface area contributed by atoms with Crippen molar-refractivity contribution in [3.63, 3.8) is 0 Å². The second kappa shape index (κ2) is 4.81. The fraction of sp³-hybridized carbons (Fsp3) is 0.222. The van der Waals surface area contributed by atoms with Crippen LogP contribution in [0.5, 0.6) is 0 Å². The van der Waals surface area contributed by atoms with Crippen LogP contribution in [0, 0.1) is 0 Å². The van der Waals surface area contributed by atoms with Gasteiger partial charge in [-0.1, -0.05) is 0 Å². The van der Waals surface area contributed by atoms with Crippen LogP contribution in [0.1, 0.15) is 11.1 Å². The molecule has 0 N–H and O–H groups in total. The van der Waals surface area contributed by atoms with E-state index in [1.807, 2.05) is 60.7 Å². The van der Waals surface area contributed by atoms with E-state index in [0.717, 1.165) is 11.1 Å². The summed E-state index contributed by atoms with van der Waals surface area (Å²) >= 11 is 0. The molecular formula is C18H18O6P-. The normalized spacial score (nSPS) is 28.0. The van der Waals surface area contributed by atoms with Gasteiger partial charge in [0.1, 0.15) is 0 Å². The average molecular weight is 361 g/mol. The van der Waals surface area contributed by atoms with E-state index < -0.39 is 7.31 Å². The summed E-state index contributed by atoms with van der Waals surface area (Å²) in [6.45, 7) is 1.11. The van der Waals surface area contributed by atoms with E-state index in [9.17, 15) is 0 Å². The van der Waals surface area contributed by atoms with E-state index in [0.29, 0.717) is 11.5 Å². The Bertz CT molecular complexity index is 767. The molecule has 2 fully saturated rings. The number of hydrogen-bond acceptors (Lipinski definition) is 6. The van der Waals surface area contributed by atoms with Gasteiger partial charge < -0.3 is 0 Å². The van der Waals surface area contributed by atoms with Crippen molar-refractivity contribution in [1.29, 1.82) is 0 Å². The molecule has 25 heavy (non-hydrogen) atoms. The third kappa shape index (κ3) is 2.03. The van der Waals surface area contributed by atoms with E-state index in [4.69, 9.17) is 27.1 Å². The maximum absolute atomic E-state index is 6.30. The molecule has 132 valence electrons. The molecule has 7 heteroatoms. The first-order valence-corrected chi connectivity index (χ1v) is 10.4. The minimum atomic E-state index is -5.18. The fourth-order valence-corrected chi connectivity index (χ4v) is 7.17. The van der Waals surface area contributed by atoms with Crippen LogP contribution in [0.3, 0.4) is 0 Å². The summed E-state index contributed by atoms with van der Waals surface area (Å²) in [5, 5.41) is 0. The van der Waals surface area contributed by atoms with Gasteiger partial charge in [0.25, 0.3) is 0 Å². The molecule has 0 unspecified atom stereocenters. The van der Waals surface area contributed by atoms with Gasteiger partial charge in [-0.05, 0) is 0 Å². The molecule has 0 bridgehead atoms. The Hall–Kier alpha value is -1.95. The van der Waals surface area contributed by atoms with Crippen LogP contribution in [0.2, 0.25) is 0 Å². The first-order valence-electron chi connectivity index (χ1n) is 8.23. The van der Waals surface area contributed by atoms with Gasteiger partial charge in [-0.3, -0.25) is 0 Å². The topological polar surface area (TPSA) is 55.4 Å². The summed E-state index contributed by atoms with van der Waals surface area (Å²) in [6, 6.07) is 19.3. The fourth-order valence-electron chi connectivity index (χ4n) is 3.35. The van der Waals surface area contributed by atoms with E-state index in [2.05, 4.69) is 0 Å². The van der Waals surface area contributed by atoms with Crippen LogP contribution in [-0.2, 0) is 27.1 Å². The molecular weight excluding hydrogens is 343 g/mol. The van der Waals surface area contributed by atoms with Crippen molar-refractivity contribution in [1.82, 2.24) is 0 Å². The van der Waals surface area contributed by atoms with Crippen LogP contribution in [0.25, 0.3) is 11.5 Å². The standard InChI is InChI=1S/C18H18O6P/c1-3-7-15(8-4-1)17-18(16-9-5-2-6-10-16)24-25(23-17,19-11-12-20-25)21-13-14-22-25/h1-10H,11-14H2/q-1. The second-order valence-electron chi connectivity index (χ2n) is 6.02. The molecule has 0 saturated carbocycles. The summed E-state index contributed by atoms with van der Waals surface area (Å²) in [5.74, 6) is 0.984. The average Bonchev–Trinajstić information content (AvgIpc) is 3.35. The molecule has 6 nitrogen and oxygen atoms in total. The van der Waals surface area contributed by atoms with Crippen molar-refractivity contribution < 1.29 is 27.1 Å². The minimum absolute atomic E-state index is 0.278. The van der Waals surface area contributed by atoms with E-state index in [-0.39, 0.29) is 26.4 Å². The van der Waals surface area contributed by atoms with Crippen molar-refractivity contribution in [3.05, 3.63) is 71.8 Å².